The lowest BCUT2D eigenvalue weighted by Gasteiger charge is -2.46. The summed E-state index contributed by atoms with van der Waals surface area (Å²) in [6, 6.07) is 23.5. The minimum Gasteiger partial charge on any atom is -0.491 e. The largest absolute Gasteiger partial charge is 0.491 e. The molecular weight excluding hydrogens is 833 g/mol. The van der Waals surface area contributed by atoms with Gasteiger partial charge in [-0.2, -0.15) is 0 Å². The number of fused-ring (bicyclic) bond motifs is 3. The molecule has 2 fully saturated rings. The summed E-state index contributed by atoms with van der Waals surface area (Å²) >= 11 is 0. The van der Waals surface area contributed by atoms with Crippen LogP contribution in [0.25, 0.3) is 0 Å². The molecule has 7 atom stereocenters. The zero-order valence-electron chi connectivity index (χ0n) is 36.1. The van der Waals surface area contributed by atoms with Crippen LogP contribution in [-0.2, 0) is 34.1 Å². The summed E-state index contributed by atoms with van der Waals surface area (Å²) in [6.07, 6.45) is 0.509. The van der Waals surface area contributed by atoms with E-state index >= 15 is 14.4 Å². The number of carbonyl (C=O) groups is 6. The van der Waals surface area contributed by atoms with Gasteiger partial charge in [0.15, 0.2) is 0 Å². The first kappa shape index (κ1) is 45.5. The molecule has 0 radical (unpaired) electrons. The fraction of sp³-hybridized carbons (Fsp3) is 0.306. The van der Waals surface area contributed by atoms with Crippen LogP contribution in [0.3, 0.4) is 0 Å². The van der Waals surface area contributed by atoms with Crippen molar-refractivity contribution in [1.82, 2.24) is 20.9 Å². The zero-order chi connectivity index (χ0) is 46.4. The highest BCUT2D eigenvalue weighted by atomic mass is 16.6. The van der Waals surface area contributed by atoms with Crippen LogP contribution in [0.4, 0.5) is 15.3 Å². The van der Waals surface area contributed by atoms with E-state index < -0.39 is 83.3 Å². The quantitative estimate of drug-likeness (QED) is 0.0736. The molecule has 3 aliphatic rings. The number of primary amides is 1. The number of urea groups is 2. The monoisotopic (exact) mass is 882 g/mol. The minimum atomic E-state index is -2.12. The van der Waals surface area contributed by atoms with Crippen LogP contribution in [-0.4, -0.2) is 91.3 Å². The number of benzene rings is 4. The second kappa shape index (κ2) is 19.5. The van der Waals surface area contributed by atoms with E-state index in [0.29, 0.717) is 28.0 Å². The molecule has 4 aromatic rings. The summed E-state index contributed by atoms with van der Waals surface area (Å²) in [4.78, 5) is 88.9. The van der Waals surface area contributed by atoms with Crippen LogP contribution >= 0.6 is 0 Å². The first-order valence-corrected chi connectivity index (χ1v) is 21.1. The maximum absolute atomic E-state index is 16.3. The van der Waals surface area contributed by atoms with Crippen LogP contribution in [0, 0.1) is 23.7 Å². The van der Waals surface area contributed by atoms with Crippen molar-refractivity contribution in [2.45, 2.75) is 49.5 Å². The Morgan fingerprint density at radius 1 is 0.923 bits per heavy atom. The van der Waals surface area contributed by atoms with Gasteiger partial charge in [0.05, 0.1) is 44.0 Å². The normalized spacial score (nSPS) is 22.4. The van der Waals surface area contributed by atoms with Crippen molar-refractivity contribution in [3.8, 4) is 17.6 Å². The summed E-state index contributed by atoms with van der Waals surface area (Å²) in [5.74, 6) is 1.07. The lowest BCUT2D eigenvalue weighted by molar-refractivity contribution is -0.178. The van der Waals surface area contributed by atoms with Gasteiger partial charge >= 0.3 is 24.0 Å². The fourth-order valence-electron chi connectivity index (χ4n) is 9.28. The number of esters is 2. The third kappa shape index (κ3) is 8.51. The van der Waals surface area contributed by atoms with Gasteiger partial charge in [0.1, 0.15) is 36.0 Å². The van der Waals surface area contributed by atoms with Gasteiger partial charge in [-0.15, -0.1) is 6.58 Å². The summed E-state index contributed by atoms with van der Waals surface area (Å²) in [7, 11) is 1.19. The molecule has 16 nitrogen and oxygen atoms in total. The van der Waals surface area contributed by atoms with Crippen LogP contribution in [0.5, 0.6) is 5.75 Å². The molecule has 3 heterocycles. The first-order chi connectivity index (χ1) is 31.4. The molecule has 7 rings (SSSR count). The van der Waals surface area contributed by atoms with Gasteiger partial charge in [-0.25, -0.2) is 19.3 Å². The molecule has 0 saturated carbocycles. The van der Waals surface area contributed by atoms with Gasteiger partial charge < -0.3 is 41.0 Å². The average Bonchev–Trinajstić information content (AvgIpc) is 3.77. The Morgan fingerprint density at radius 3 is 2.22 bits per heavy atom. The van der Waals surface area contributed by atoms with Gasteiger partial charge in [0.2, 0.25) is 11.8 Å². The van der Waals surface area contributed by atoms with Gasteiger partial charge in [0.25, 0.3) is 0 Å². The number of anilines is 1. The molecule has 1 spiro atoms. The molecule has 4 aromatic carbocycles. The van der Waals surface area contributed by atoms with Crippen LogP contribution in [0.15, 0.2) is 116 Å². The predicted molar refractivity (Wildman–Crippen MR) is 238 cm³/mol. The number of hydrogen-bond acceptors (Lipinski definition) is 11. The molecule has 6 amide bonds. The molecule has 0 bridgehead atoms. The molecule has 65 heavy (non-hydrogen) atoms. The van der Waals surface area contributed by atoms with Crippen LogP contribution in [0.2, 0.25) is 0 Å². The number of morpholine rings is 1. The summed E-state index contributed by atoms with van der Waals surface area (Å²) in [5.41, 5.74) is 5.57. The molecule has 2 saturated heterocycles. The zero-order valence-corrected chi connectivity index (χ0v) is 36.1. The highest BCUT2D eigenvalue weighted by Gasteiger charge is 2.75. The molecule has 16 heteroatoms. The van der Waals surface area contributed by atoms with E-state index in [1.54, 1.807) is 50.2 Å². The highest BCUT2D eigenvalue weighted by Crippen LogP contribution is 2.66. The lowest BCUT2D eigenvalue weighted by atomic mass is 9.65. The van der Waals surface area contributed by atoms with E-state index in [1.807, 2.05) is 65.6 Å². The molecule has 0 aliphatic carbocycles. The van der Waals surface area contributed by atoms with E-state index in [-0.39, 0.29) is 37.6 Å². The number of methoxy groups -OCH3 is 1. The second-order valence-corrected chi connectivity index (χ2v) is 16.0. The minimum absolute atomic E-state index is 0.00475. The van der Waals surface area contributed by atoms with Crippen LogP contribution in [0.1, 0.15) is 59.9 Å². The van der Waals surface area contributed by atoms with Crippen molar-refractivity contribution in [2.24, 2.45) is 17.6 Å². The Hall–Kier alpha value is -7.48. The molecular formula is C49H50N6O10. The Balaban J connectivity index is 1.57. The Morgan fingerprint density at radius 2 is 1.60 bits per heavy atom. The number of rotatable bonds is 13. The SMILES string of the molecule is C=CCNC(=O)C1C2C(=O)OC(c3ccccc3)C(c3ccccc3)N2C(c2ccc(OCCO)cc2)C12C(=O)N(C(=O)NC(C(=O)OC)C(C)C)c1ccc(C#CCNC(N)=O)cc12. The second-order valence-electron chi connectivity index (χ2n) is 16.0. The first-order valence-electron chi connectivity index (χ1n) is 21.1. The maximum atomic E-state index is 16.3. The summed E-state index contributed by atoms with van der Waals surface area (Å²) in [6.45, 7) is 6.80. The van der Waals surface area contributed by atoms with Gasteiger partial charge in [-0.3, -0.25) is 19.3 Å². The fourth-order valence-corrected chi connectivity index (χ4v) is 9.28. The van der Waals surface area contributed by atoms with Crippen LogP contribution < -0.4 is 31.3 Å². The number of carbonyl (C=O) groups excluding carboxylic acids is 6. The number of nitrogens with one attached hydrogen (secondary N) is 3. The maximum Gasteiger partial charge on any atom is 0.329 e. The number of aliphatic hydroxyl groups is 1. The van der Waals surface area contributed by atoms with E-state index in [4.69, 9.17) is 19.9 Å². The number of cyclic esters (lactones) is 1. The number of hydrogen-bond donors (Lipinski definition) is 5. The molecule has 0 aromatic heterocycles. The number of nitrogens with two attached hydrogens (primary N) is 1. The Bertz CT molecular complexity index is 2520. The van der Waals surface area contributed by atoms with Crippen molar-refractivity contribution in [1.29, 1.82) is 0 Å². The molecule has 3 aliphatic heterocycles. The van der Waals surface area contributed by atoms with Crippen molar-refractivity contribution < 1.29 is 48.1 Å². The number of amides is 6. The highest BCUT2D eigenvalue weighted by molar-refractivity contribution is 6.25. The molecule has 6 N–H and O–H groups in total. The molecule has 336 valence electrons. The number of aliphatic hydroxyl groups excluding tert-OH is 1. The Labute approximate surface area is 376 Å². The smallest absolute Gasteiger partial charge is 0.329 e. The standard InChI is InChI=1S/C49H50N6O10/c1-5-24-51-43(57)37-40-45(59)65-41(32-16-10-7-11-17-32)39(31-14-8-6-9-15-31)55(40)42(33-19-21-34(22-20-33)64-27-26-56)49(37)35-28-30(13-12-25-52-47(50)61)18-23-36(35)54(46(49)60)48(62)53-38(29(2)3)44(58)63-4/h5-11,14-23,28-29,37-42,56H,1,24-27H2,2-4H3,(H,51,57)(H,53,62)(H3,50,52,61). The summed E-state index contributed by atoms with van der Waals surface area (Å²) in [5, 5.41) is 17.5. The van der Waals surface area contributed by atoms with Gasteiger partial charge in [0, 0.05) is 12.1 Å². The van der Waals surface area contributed by atoms with Crippen molar-refractivity contribution in [3.63, 3.8) is 0 Å². The molecule has 7 unspecified atom stereocenters. The lowest BCUT2D eigenvalue weighted by Crippen LogP contribution is -2.57. The van der Waals surface area contributed by atoms with Crippen molar-refractivity contribution >= 4 is 41.5 Å². The van der Waals surface area contributed by atoms with Gasteiger partial charge in [-0.05, 0) is 58.5 Å². The number of ether oxygens (including phenoxy) is 3. The van der Waals surface area contributed by atoms with E-state index in [2.05, 4.69) is 34.4 Å². The van der Waals surface area contributed by atoms with Crippen molar-refractivity contribution in [3.05, 3.63) is 144 Å². The third-order valence-electron chi connectivity index (χ3n) is 11.9. The number of nitrogens with zero attached hydrogens (tertiary/aromatic N) is 2. The Kier molecular flexibility index (Phi) is 13.7. The van der Waals surface area contributed by atoms with E-state index in [9.17, 15) is 19.5 Å². The third-order valence-corrected chi connectivity index (χ3v) is 11.9. The number of imide groups is 1. The summed E-state index contributed by atoms with van der Waals surface area (Å²) < 4.78 is 17.2. The average molecular weight is 883 g/mol. The predicted octanol–water partition coefficient (Wildman–Crippen LogP) is 3.95. The van der Waals surface area contributed by atoms with Crippen molar-refractivity contribution in [2.75, 3.05) is 38.3 Å². The topological polar surface area (TPSA) is 219 Å². The van der Waals surface area contributed by atoms with E-state index in [0.717, 1.165) is 4.90 Å². The van der Waals surface area contributed by atoms with Gasteiger partial charge in [-0.1, -0.05) is 105 Å². The van der Waals surface area contributed by atoms with E-state index in [1.165, 1.54) is 19.3 Å².